The molecule has 6 nitrogen and oxygen atoms in total. The molecule has 0 saturated heterocycles. The van der Waals surface area contributed by atoms with E-state index in [1.54, 1.807) is 28.8 Å². The van der Waals surface area contributed by atoms with Crippen LogP contribution in [0.1, 0.15) is 23.5 Å². The van der Waals surface area contributed by atoms with E-state index >= 15 is 0 Å². The Bertz CT molecular complexity index is 1400. The average Bonchev–Trinajstić information content (AvgIpc) is 3.05. The largest absolute Gasteiger partial charge is 0.480 e. The molecule has 2 N–H and O–H groups in total. The highest BCUT2D eigenvalue weighted by atomic mass is 19.4. The van der Waals surface area contributed by atoms with Crippen LogP contribution in [0.5, 0.6) is 0 Å². The van der Waals surface area contributed by atoms with Gasteiger partial charge in [0.2, 0.25) is 5.82 Å². The maximum atomic E-state index is 14.0. The van der Waals surface area contributed by atoms with E-state index in [0.29, 0.717) is 35.6 Å². The van der Waals surface area contributed by atoms with Gasteiger partial charge in [-0.3, -0.25) is 4.79 Å². The quantitative estimate of drug-likeness (QED) is 0.430. The number of para-hydroxylation sites is 1. The molecule has 0 amide bonds. The van der Waals surface area contributed by atoms with Gasteiger partial charge in [0, 0.05) is 28.0 Å². The maximum Gasteiger partial charge on any atom is 0.451 e. The summed E-state index contributed by atoms with van der Waals surface area (Å²) in [5.74, 6) is -2.59. The normalized spacial score (nSPS) is 16.2. The van der Waals surface area contributed by atoms with Crippen molar-refractivity contribution in [2.45, 2.75) is 38.0 Å². The lowest BCUT2D eigenvalue weighted by Gasteiger charge is -2.26. The Hall–Kier alpha value is -3.69. The van der Waals surface area contributed by atoms with Crippen molar-refractivity contribution in [1.82, 2.24) is 14.5 Å². The number of carboxylic acids is 1. The van der Waals surface area contributed by atoms with Gasteiger partial charge < -0.3 is 15.0 Å². The molecular weight excluding hydrogens is 440 g/mol. The summed E-state index contributed by atoms with van der Waals surface area (Å²) in [5, 5.41) is 13.5. The van der Waals surface area contributed by atoms with E-state index in [2.05, 4.69) is 15.3 Å². The summed E-state index contributed by atoms with van der Waals surface area (Å²) in [6, 6.07) is 10.4. The van der Waals surface area contributed by atoms with Crippen molar-refractivity contribution < 1.29 is 27.5 Å². The van der Waals surface area contributed by atoms with E-state index in [-0.39, 0.29) is 23.9 Å². The van der Waals surface area contributed by atoms with Gasteiger partial charge in [-0.15, -0.1) is 0 Å². The number of carboxylic acid groups (broad SMARTS) is 1. The van der Waals surface area contributed by atoms with Gasteiger partial charge in [0.1, 0.15) is 18.2 Å². The van der Waals surface area contributed by atoms with E-state index in [1.807, 2.05) is 0 Å². The second-order valence-electron chi connectivity index (χ2n) is 8.06. The molecule has 0 bridgehead atoms. The van der Waals surface area contributed by atoms with E-state index < -0.39 is 23.8 Å². The van der Waals surface area contributed by atoms with Crippen LogP contribution in [0.15, 0.2) is 42.5 Å². The third-order valence-corrected chi connectivity index (χ3v) is 5.92. The van der Waals surface area contributed by atoms with Gasteiger partial charge in [0.25, 0.3) is 0 Å². The second-order valence-corrected chi connectivity index (χ2v) is 8.06. The molecule has 2 aromatic carbocycles. The van der Waals surface area contributed by atoms with E-state index in [4.69, 9.17) is 0 Å². The number of nitrogens with zero attached hydrogens (tertiary/aromatic N) is 3. The fraction of sp³-hybridized carbons (Fsp3) is 0.261. The van der Waals surface area contributed by atoms with Gasteiger partial charge in [0.15, 0.2) is 0 Å². The molecule has 0 radical (unpaired) electrons. The minimum Gasteiger partial charge on any atom is -0.480 e. The van der Waals surface area contributed by atoms with Crippen LogP contribution in [0.4, 0.5) is 23.4 Å². The number of hydrogen-bond acceptors (Lipinski definition) is 4. The summed E-state index contributed by atoms with van der Waals surface area (Å²) in [6.07, 6.45) is -3.26. The number of aromatic nitrogens is 3. The third kappa shape index (κ3) is 3.85. The summed E-state index contributed by atoms with van der Waals surface area (Å²) in [6.45, 7) is -0.249. The van der Waals surface area contributed by atoms with Crippen LogP contribution in [0.3, 0.4) is 0 Å². The van der Waals surface area contributed by atoms with Crippen molar-refractivity contribution in [1.29, 1.82) is 0 Å². The number of halogens is 4. The fourth-order valence-electron chi connectivity index (χ4n) is 4.57. The zero-order valence-electron chi connectivity index (χ0n) is 17.2. The molecule has 0 spiro atoms. The number of benzene rings is 2. The molecule has 5 rings (SSSR count). The molecule has 1 atom stereocenters. The number of nitrogens with one attached hydrogen (secondary N) is 1. The summed E-state index contributed by atoms with van der Waals surface area (Å²) >= 11 is 0. The monoisotopic (exact) mass is 458 g/mol. The smallest absolute Gasteiger partial charge is 0.451 e. The molecule has 4 aromatic rings. The predicted molar refractivity (Wildman–Crippen MR) is 114 cm³/mol. The Kier molecular flexibility index (Phi) is 4.95. The van der Waals surface area contributed by atoms with E-state index in [0.717, 1.165) is 11.3 Å². The first kappa shape index (κ1) is 21.2. The van der Waals surface area contributed by atoms with Crippen molar-refractivity contribution in [3.8, 4) is 0 Å². The van der Waals surface area contributed by atoms with Crippen molar-refractivity contribution in [3.05, 3.63) is 65.4 Å². The number of carbonyl (C=O) groups is 1. The molecule has 10 heteroatoms. The highest BCUT2D eigenvalue weighted by Gasteiger charge is 2.36. The van der Waals surface area contributed by atoms with Crippen LogP contribution in [0.2, 0.25) is 0 Å². The molecule has 1 aliphatic rings. The van der Waals surface area contributed by atoms with Crippen molar-refractivity contribution in [2.75, 3.05) is 5.32 Å². The Morgan fingerprint density at radius 1 is 1.15 bits per heavy atom. The van der Waals surface area contributed by atoms with Gasteiger partial charge in [-0.2, -0.15) is 13.2 Å². The first-order valence-corrected chi connectivity index (χ1v) is 10.3. The lowest BCUT2D eigenvalue weighted by atomic mass is 9.91. The SMILES string of the molecule is O=C(O)Cn1c2c(c3cc(F)ccc31)CC(Nc1nc(C(F)(F)F)nc3ccccc13)CC2. The number of hydrogen-bond donors (Lipinski definition) is 2. The zero-order valence-corrected chi connectivity index (χ0v) is 17.2. The summed E-state index contributed by atoms with van der Waals surface area (Å²) in [7, 11) is 0. The van der Waals surface area contributed by atoms with Crippen molar-refractivity contribution >= 4 is 33.6 Å². The lowest BCUT2D eigenvalue weighted by Crippen LogP contribution is -2.29. The molecule has 0 aliphatic heterocycles. The number of anilines is 1. The fourth-order valence-corrected chi connectivity index (χ4v) is 4.57. The highest BCUT2D eigenvalue weighted by Crippen LogP contribution is 2.35. The Balaban J connectivity index is 1.54. The standard InChI is InChI=1S/C23H18F4N4O2/c24-12-5-7-18-15(9-12)16-10-13(6-8-19(16)31(18)11-20(32)33)28-21-14-3-1-2-4-17(14)29-22(30-21)23(25,26)27/h1-5,7,9,13H,6,8,10-11H2,(H,32,33)(H,28,29,30). The van der Waals surface area contributed by atoms with Crippen LogP contribution in [0, 0.1) is 5.82 Å². The first-order chi connectivity index (χ1) is 15.7. The molecule has 170 valence electrons. The summed E-state index contributed by atoms with van der Waals surface area (Å²) in [4.78, 5) is 18.8. The Morgan fingerprint density at radius 3 is 2.70 bits per heavy atom. The topological polar surface area (TPSA) is 80.0 Å². The summed E-state index contributed by atoms with van der Waals surface area (Å²) in [5.41, 5.74) is 2.40. The minimum atomic E-state index is -4.69. The van der Waals surface area contributed by atoms with Gasteiger partial charge in [-0.05, 0) is 55.2 Å². The van der Waals surface area contributed by atoms with E-state index in [9.17, 15) is 27.5 Å². The van der Waals surface area contributed by atoms with Crippen LogP contribution in [-0.4, -0.2) is 31.7 Å². The first-order valence-electron chi connectivity index (χ1n) is 10.3. The van der Waals surface area contributed by atoms with Crippen LogP contribution >= 0.6 is 0 Å². The average molecular weight is 458 g/mol. The van der Waals surface area contributed by atoms with Gasteiger partial charge >= 0.3 is 12.1 Å². The molecule has 1 unspecified atom stereocenters. The number of alkyl halides is 3. The molecule has 0 saturated carbocycles. The highest BCUT2D eigenvalue weighted by molar-refractivity contribution is 5.90. The van der Waals surface area contributed by atoms with Gasteiger partial charge in [-0.1, -0.05) is 12.1 Å². The number of rotatable bonds is 4. The molecule has 33 heavy (non-hydrogen) atoms. The Labute approximate surface area is 184 Å². The lowest BCUT2D eigenvalue weighted by molar-refractivity contribution is -0.144. The van der Waals surface area contributed by atoms with Gasteiger partial charge in [-0.25, -0.2) is 14.4 Å². The third-order valence-electron chi connectivity index (χ3n) is 5.92. The molecule has 0 fully saturated rings. The van der Waals surface area contributed by atoms with Crippen LogP contribution in [-0.2, 0) is 30.4 Å². The maximum absolute atomic E-state index is 14.0. The minimum absolute atomic E-state index is 0.0850. The number of fused-ring (bicyclic) bond motifs is 4. The second kappa shape index (κ2) is 7.72. The van der Waals surface area contributed by atoms with Crippen molar-refractivity contribution in [2.24, 2.45) is 0 Å². The molecule has 1 aliphatic carbocycles. The van der Waals surface area contributed by atoms with Gasteiger partial charge in [0.05, 0.1) is 5.52 Å². The Morgan fingerprint density at radius 2 is 1.94 bits per heavy atom. The van der Waals surface area contributed by atoms with Crippen LogP contribution in [0.25, 0.3) is 21.8 Å². The molecule has 2 heterocycles. The summed E-state index contributed by atoms with van der Waals surface area (Å²) < 4.78 is 55.7. The molecular formula is C23H18F4N4O2. The zero-order chi connectivity index (χ0) is 23.3. The van der Waals surface area contributed by atoms with Crippen molar-refractivity contribution in [3.63, 3.8) is 0 Å². The van der Waals surface area contributed by atoms with Crippen LogP contribution < -0.4 is 5.32 Å². The number of aliphatic carboxylic acids is 1. The van der Waals surface area contributed by atoms with E-state index in [1.165, 1.54) is 18.2 Å². The molecule has 2 aromatic heterocycles. The predicted octanol–water partition coefficient (Wildman–Crippen LogP) is 4.80.